The zero-order chi connectivity index (χ0) is 15.8. The smallest absolute Gasteiger partial charge is 0.220 e. The lowest BCUT2D eigenvalue weighted by Crippen LogP contribution is -2.28. The van der Waals surface area contributed by atoms with Gasteiger partial charge in [-0.2, -0.15) is 5.10 Å². The first-order valence-electron chi connectivity index (χ1n) is 7.43. The maximum atomic E-state index is 11.4. The largest absolute Gasteiger partial charge is 0.353 e. The monoisotopic (exact) mass is 327 g/mol. The number of amides is 1. The summed E-state index contributed by atoms with van der Waals surface area (Å²) in [6.45, 7) is 0. The summed E-state index contributed by atoms with van der Waals surface area (Å²) in [6.07, 6.45) is 5.34. The topological polar surface area (TPSA) is 72.7 Å². The van der Waals surface area contributed by atoms with Crippen molar-refractivity contribution in [2.75, 3.05) is 0 Å². The highest BCUT2D eigenvalue weighted by atomic mass is 35.5. The first-order chi connectivity index (χ1) is 11.2. The van der Waals surface area contributed by atoms with Crippen molar-refractivity contribution in [1.82, 2.24) is 25.1 Å². The average molecular weight is 328 g/mol. The normalized spacial score (nSPS) is 17.6. The Labute approximate surface area is 137 Å². The van der Waals surface area contributed by atoms with Crippen LogP contribution < -0.4 is 5.32 Å². The van der Waals surface area contributed by atoms with Gasteiger partial charge in [-0.1, -0.05) is 11.6 Å². The maximum absolute atomic E-state index is 11.4. The van der Waals surface area contributed by atoms with Crippen LogP contribution in [0.1, 0.15) is 18.7 Å². The fourth-order valence-corrected chi connectivity index (χ4v) is 3.11. The number of rotatable bonds is 3. The molecule has 0 saturated carbocycles. The molecule has 3 aromatic rings. The Hall–Kier alpha value is -2.47. The molecule has 3 heterocycles. The minimum absolute atomic E-state index is 0.102. The van der Waals surface area contributed by atoms with Crippen molar-refractivity contribution in [1.29, 1.82) is 0 Å². The van der Waals surface area contributed by atoms with Crippen molar-refractivity contribution in [3.8, 4) is 5.69 Å². The van der Waals surface area contributed by atoms with Crippen molar-refractivity contribution >= 4 is 28.4 Å². The van der Waals surface area contributed by atoms with Crippen molar-refractivity contribution in [3.63, 3.8) is 0 Å². The molecule has 1 N–H and O–H groups in total. The molecule has 7 heteroatoms. The van der Waals surface area contributed by atoms with Crippen LogP contribution >= 0.6 is 11.6 Å². The van der Waals surface area contributed by atoms with Gasteiger partial charge in [0.25, 0.3) is 0 Å². The Bertz CT molecular complexity index is 891. The first-order valence-corrected chi connectivity index (χ1v) is 7.81. The molecule has 0 spiro atoms. The minimum atomic E-state index is 0.102. The number of fused-ring (bicyclic) bond motifs is 1. The quantitative estimate of drug-likeness (QED) is 0.801. The Morgan fingerprint density at radius 3 is 3.04 bits per heavy atom. The molecule has 1 fully saturated rings. The van der Waals surface area contributed by atoms with Crippen LogP contribution in [0.2, 0.25) is 5.02 Å². The number of benzene rings is 1. The number of nitrogens with zero attached hydrogens (tertiary/aromatic N) is 4. The van der Waals surface area contributed by atoms with E-state index in [0.29, 0.717) is 17.9 Å². The van der Waals surface area contributed by atoms with Crippen LogP contribution in [-0.4, -0.2) is 31.7 Å². The van der Waals surface area contributed by atoms with Crippen molar-refractivity contribution in [2.24, 2.45) is 0 Å². The van der Waals surface area contributed by atoms with Crippen LogP contribution in [-0.2, 0) is 11.2 Å². The van der Waals surface area contributed by atoms with Gasteiger partial charge in [-0.25, -0.2) is 9.67 Å². The van der Waals surface area contributed by atoms with Gasteiger partial charge in [-0.3, -0.25) is 9.78 Å². The van der Waals surface area contributed by atoms with E-state index in [2.05, 4.69) is 20.4 Å². The van der Waals surface area contributed by atoms with E-state index in [4.69, 9.17) is 11.6 Å². The van der Waals surface area contributed by atoms with E-state index in [9.17, 15) is 4.79 Å². The summed E-state index contributed by atoms with van der Waals surface area (Å²) in [5.41, 5.74) is 1.72. The van der Waals surface area contributed by atoms with Gasteiger partial charge in [-0.15, -0.1) is 0 Å². The molecule has 116 valence electrons. The second-order valence-electron chi connectivity index (χ2n) is 5.59. The van der Waals surface area contributed by atoms with Crippen molar-refractivity contribution in [2.45, 2.75) is 25.3 Å². The molecule has 1 aromatic carbocycles. The number of nitrogens with one attached hydrogen (secondary N) is 1. The first kappa shape index (κ1) is 14.1. The predicted octanol–water partition coefficient (Wildman–Crippen LogP) is 2.29. The summed E-state index contributed by atoms with van der Waals surface area (Å²) in [7, 11) is 0. The molecule has 1 amide bonds. The van der Waals surface area contributed by atoms with Gasteiger partial charge in [0, 0.05) is 35.5 Å². The van der Waals surface area contributed by atoms with E-state index in [1.807, 2.05) is 28.9 Å². The summed E-state index contributed by atoms with van der Waals surface area (Å²) in [6, 6.07) is 7.62. The molecule has 1 aliphatic rings. The molecule has 1 aliphatic heterocycles. The Kier molecular flexibility index (Phi) is 3.46. The molecule has 4 rings (SSSR count). The number of hydrogen-bond acceptors (Lipinski definition) is 4. The summed E-state index contributed by atoms with van der Waals surface area (Å²) in [5, 5.41) is 8.92. The molecule has 0 radical (unpaired) electrons. The minimum Gasteiger partial charge on any atom is -0.353 e. The maximum Gasteiger partial charge on any atom is 0.220 e. The number of carbonyl (C=O) groups excluding carboxylic acids is 1. The van der Waals surface area contributed by atoms with Crippen LogP contribution in [0.15, 0.2) is 36.8 Å². The third-order valence-corrected chi connectivity index (χ3v) is 4.28. The van der Waals surface area contributed by atoms with Gasteiger partial charge >= 0.3 is 0 Å². The molecule has 0 bridgehead atoms. The number of carbonyl (C=O) groups is 1. The molecule has 0 unspecified atom stereocenters. The fourth-order valence-electron chi connectivity index (χ4n) is 2.95. The Morgan fingerprint density at radius 1 is 1.30 bits per heavy atom. The van der Waals surface area contributed by atoms with Crippen LogP contribution in [0.3, 0.4) is 0 Å². The SMILES string of the molecule is O=C1CC[C@H](Cc2ncnn2-c2ccnc3cc(Cl)ccc23)N1. The highest BCUT2D eigenvalue weighted by molar-refractivity contribution is 6.31. The molecular weight excluding hydrogens is 314 g/mol. The molecule has 23 heavy (non-hydrogen) atoms. The van der Waals surface area contributed by atoms with Crippen LogP contribution in [0, 0.1) is 0 Å². The third kappa shape index (κ3) is 2.66. The summed E-state index contributed by atoms with van der Waals surface area (Å²) in [5.74, 6) is 0.921. The summed E-state index contributed by atoms with van der Waals surface area (Å²) < 4.78 is 1.81. The van der Waals surface area contributed by atoms with E-state index >= 15 is 0 Å². The van der Waals surface area contributed by atoms with E-state index in [1.54, 1.807) is 6.20 Å². The number of hydrogen-bond donors (Lipinski definition) is 1. The van der Waals surface area contributed by atoms with Gasteiger partial charge in [0.15, 0.2) is 0 Å². The number of aromatic nitrogens is 4. The standard InChI is InChI=1S/C16H14ClN5O/c17-10-1-3-12-13(7-10)18-6-5-14(12)22-15(19-9-20-22)8-11-2-4-16(23)21-11/h1,3,5-7,9,11H,2,4,8H2,(H,21,23)/t11-/m1/s1. The van der Waals surface area contributed by atoms with Gasteiger partial charge in [0.1, 0.15) is 12.2 Å². The second kappa shape index (κ2) is 5.62. The predicted molar refractivity (Wildman–Crippen MR) is 86.5 cm³/mol. The lowest BCUT2D eigenvalue weighted by Gasteiger charge is -2.12. The zero-order valence-corrected chi connectivity index (χ0v) is 13.0. The average Bonchev–Trinajstić information content (AvgIpc) is 3.16. The molecular formula is C16H14ClN5O. The third-order valence-electron chi connectivity index (χ3n) is 4.04. The van der Waals surface area contributed by atoms with Gasteiger partial charge in [0.2, 0.25) is 5.91 Å². The van der Waals surface area contributed by atoms with Gasteiger partial charge in [-0.05, 0) is 30.7 Å². The molecule has 6 nitrogen and oxygen atoms in total. The second-order valence-corrected chi connectivity index (χ2v) is 6.02. The van der Waals surface area contributed by atoms with E-state index in [0.717, 1.165) is 28.8 Å². The van der Waals surface area contributed by atoms with E-state index in [-0.39, 0.29) is 11.9 Å². The molecule has 1 atom stereocenters. The Balaban J connectivity index is 1.74. The van der Waals surface area contributed by atoms with Gasteiger partial charge in [0.05, 0.1) is 11.2 Å². The molecule has 2 aromatic heterocycles. The van der Waals surface area contributed by atoms with E-state index in [1.165, 1.54) is 6.33 Å². The Morgan fingerprint density at radius 2 is 2.22 bits per heavy atom. The van der Waals surface area contributed by atoms with Crippen molar-refractivity contribution in [3.05, 3.63) is 47.6 Å². The number of pyridine rings is 1. The lowest BCUT2D eigenvalue weighted by atomic mass is 10.1. The van der Waals surface area contributed by atoms with Crippen LogP contribution in [0.4, 0.5) is 0 Å². The highest BCUT2D eigenvalue weighted by Gasteiger charge is 2.23. The van der Waals surface area contributed by atoms with Crippen molar-refractivity contribution < 1.29 is 4.79 Å². The van der Waals surface area contributed by atoms with E-state index < -0.39 is 0 Å². The lowest BCUT2D eigenvalue weighted by molar-refractivity contribution is -0.119. The molecule has 1 saturated heterocycles. The highest BCUT2D eigenvalue weighted by Crippen LogP contribution is 2.24. The van der Waals surface area contributed by atoms with Crippen LogP contribution in [0.5, 0.6) is 0 Å². The zero-order valence-electron chi connectivity index (χ0n) is 12.2. The summed E-state index contributed by atoms with van der Waals surface area (Å²) >= 11 is 6.04. The molecule has 0 aliphatic carbocycles. The summed E-state index contributed by atoms with van der Waals surface area (Å²) in [4.78, 5) is 20.1. The fraction of sp³-hybridized carbons (Fsp3) is 0.250. The number of halogens is 1. The van der Waals surface area contributed by atoms with Gasteiger partial charge < -0.3 is 5.32 Å². The van der Waals surface area contributed by atoms with Crippen LogP contribution in [0.25, 0.3) is 16.6 Å².